The van der Waals surface area contributed by atoms with Gasteiger partial charge < -0.3 is 4.90 Å². The monoisotopic (exact) mass is 400 g/mol. The summed E-state index contributed by atoms with van der Waals surface area (Å²) in [7, 11) is 0. The molecule has 5 heteroatoms. The van der Waals surface area contributed by atoms with E-state index in [1.54, 1.807) is 11.0 Å². The number of aryl methyl sites for hydroxylation is 2. The van der Waals surface area contributed by atoms with Crippen LogP contribution in [0.25, 0.3) is 0 Å². The van der Waals surface area contributed by atoms with E-state index >= 15 is 0 Å². The number of benzene rings is 1. The number of hydrogen-bond donors (Lipinski definition) is 0. The summed E-state index contributed by atoms with van der Waals surface area (Å²) in [6, 6.07) is 9.19. The van der Waals surface area contributed by atoms with E-state index in [1.807, 2.05) is 31.3 Å². The molecule has 0 spiro atoms. The molecule has 1 aromatic carbocycles. The molecule has 1 unspecified atom stereocenters. The van der Waals surface area contributed by atoms with Crippen molar-refractivity contribution in [3.05, 3.63) is 64.5 Å². The Hall–Kier alpha value is -3.26. The maximum absolute atomic E-state index is 12.9. The Morgan fingerprint density at radius 2 is 2.03 bits per heavy atom. The number of amides is 1. The van der Waals surface area contributed by atoms with E-state index in [0.29, 0.717) is 24.9 Å². The minimum atomic E-state index is -0.494. The van der Waals surface area contributed by atoms with Crippen LogP contribution in [0.2, 0.25) is 0 Å². The molecule has 0 bridgehead atoms. The molecule has 0 radical (unpaired) electrons. The molecule has 0 N–H and O–H groups in total. The van der Waals surface area contributed by atoms with Crippen LogP contribution in [0.5, 0.6) is 0 Å². The number of carbonyl (C=O) groups is 3. The smallest absolute Gasteiger partial charge is 0.255 e. The first-order valence-corrected chi connectivity index (χ1v) is 10.4. The van der Waals surface area contributed by atoms with Gasteiger partial charge in [-0.05, 0) is 55.5 Å². The van der Waals surface area contributed by atoms with E-state index in [9.17, 15) is 14.4 Å². The number of hydrogen-bond acceptors (Lipinski definition) is 4. The van der Waals surface area contributed by atoms with Crippen LogP contribution in [0.3, 0.4) is 0 Å². The lowest BCUT2D eigenvalue weighted by atomic mass is 9.92. The molecule has 1 fully saturated rings. The second kappa shape index (κ2) is 8.62. The van der Waals surface area contributed by atoms with Crippen molar-refractivity contribution in [2.75, 3.05) is 0 Å². The SMILES string of the molecule is Cc1ccc(CCCC#Cc2cccc3c2CN(C2CCC(=O)CC2=O)C3=O)cn1. The number of rotatable bonds is 4. The molecule has 5 nitrogen and oxygen atoms in total. The van der Waals surface area contributed by atoms with Crippen LogP contribution < -0.4 is 0 Å². The maximum atomic E-state index is 12.9. The van der Waals surface area contributed by atoms with E-state index in [-0.39, 0.29) is 23.9 Å². The molecule has 152 valence electrons. The summed E-state index contributed by atoms with van der Waals surface area (Å²) in [4.78, 5) is 42.6. The second-order valence-electron chi connectivity index (χ2n) is 7.96. The first-order valence-electron chi connectivity index (χ1n) is 10.4. The molecule has 1 aliphatic carbocycles. The molecule has 1 saturated carbocycles. The minimum absolute atomic E-state index is 0.0339. The van der Waals surface area contributed by atoms with Gasteiger partial charge in [0.25, 0.3) is 5.91 Å². The van der Waals surface area contributed by atoms with Gasteiger partial charge in [-0.15, -0.1) is 0 Å². The third kappa shape index (κ3) is 4.18. The molecule has 4 rings (SSSR count). The van der Waals surface area contributed by atoms with Crippen LogP contribution in [0, 0.1) is 18.8 Å². The molecule has 2 heterocycles. The fraction of sp³-hybridized carbons (Fsp3) is 0.360. The molecule has 2 aliphatic rings. The highest BCUT2D eigenvalue weighted by Crippen LogP contribution is 2.30. The minimum Gasteiger partial charge on any atom is -0.324 e. The predicted molar refractivity (Wildman–Crippen MR) is 113 cm³/mol. The van der Waals surface area contributed by atoms with Crippen LogP contribution >= 0.6 is 0 Å². The Kier molecular flexibility index (Phi) is 5.76. The van der Waals surface area contributed by atoms with Crippen LogP contribution in [0.1, 0.15) is 64.8 Å². The van der Waals surface area contributed by atoms with Crippen molar-refractivity contribution in [2.45, 2.75) is 58.0 Å². The van der Waals surface area contributed by atoms with E-state index < -0.39 is 6.04 Å². The molecule has 1 aromatic heterocycles. The van der Waals surface area contributed by atoms with Gasteiger partial charge in [-0.25, -0.2) is 0 Å². The van der Waals surface area contributed by atoms with Crippen molar-refractivity contribution in [1.82, 2.24) is 9.88 Å². The normalized spacial score (nSPS) is 18.2. The first kappa shape index (κ1) is 20.0. The summed E-state index contributed by atoms with van der Waals surface area (Å²) in [5, 5.41) is 0. The van der Waals surface area contributed by atoms with Crippen LogP contribution in [0.4, 0.5) is 0 Å². The number of nitrogens with zero attached hydrogens (tertiary/aromatic N) is 2. The zero-order valence-corrected chi connectivity index (χ0v) is 17.1. The molecule has 1 atom stereocenters. The number of ketones is 2. The Morgan fingerprint density at radius 1 is 1.17 bits per heavy atom. The molecule has 2 aromatic rings. The number of carbonyl (C=O) groups excluding carboxylic acids is 3. The van der Waals surface area contributed by atoms with Gasteiger partial charge in [0.2, 0.25) is 0 Å². The third-order valence-electron chi connectivity index (χ3n) is 5.77. The van der Waals surface area contributed by atoms with Crippen molar-refractivity contribution in [1.29, 1.82) is 0 Å². The van der Waals surface area contributed by atoms with Gasteiger partial charge in [0.15, 0.2) is 5.78 Å². The topological polar surface area (TPSA) is 67.3 Å². The Bertz CT molecular complexity index is 1060. The van der Waals surface area contributed by atoms with E-state index in [2.05, 4.69) is 22.9 Å². The number of pyridine rings is 1. The molecule has 0 saturated heterocycles. The van der Waals surface area contributed by atoms with Gasteiger partial charge >= 0.3 is 0 Å². The lowest BCUT2D eigenvalue weighted by Gasteiger charge is -2.29. The van der Waals surface area contributed by atoms with Gasteiger partial charge in [0, 0.05) is 42.4 Å². The highest BCUT2D eigenvalue weighted by molar-refractivity contribution is 6.07. The largest absolute Gasteiger partial charge is 0.324 e. The van der Waals surface area contributed by atoms with Gasteiger partial charge in [0.05, 0.1) is 12.5 Å². The number of fused-ring (bicyclic) bond motifs is 1. The highest BCUT2D eigenvalue weighted by Gasteiger charge is 2.39. The summed E-state index contributed by atoms with van der Waals surface area (Å²) < 4.78 is 0. The average Bonchev–Trinajstić information content (AvgIpc) is 3.06. The number of Topliss-reactive ketones (excluding diaryl/α,β-unsaturated/α-hetero) is 2. The maximum Gasteiger partial charge on any atom is 0.255 e. The van der Waals surface area contributed by atoms with Crippen LogP contribution in [-0.2, 0) is 22.6 Å². The van der Waals surface area contributed by atoms with Crippen molar-refractivity contribution < 1.29 is 14.4 Å². The van der Waals surface area contributed by atoms with Crippen molar-refractivity contribution >= 4 is 17.5 Å². The quantitative estimate of drug-likeness (QED) is 0.448. The van der Waals surface area contributed by atoms with Gasteiger partial charge in [-0.1, -0.05) is 24.0 Å². The highest BCUT2D eigenvalue weighted by atomic mass is 16.2. The van der Waals surface area contributed by atoms with Gasteiger partial charge in [-0.3, -0.25) is 19.4 Å². The lowest BCUT2D eigenvalue weighted by Crippen LogP contribution is -2.44. The predicted octanol–water partition coefficient (Wildman–Crippen LogP) is 3.41. The first-order chi connectivity index (χ1) is 14.5. The van der Waals surface area contributed by atoms with E-state index in [1.165, 1.54) is 5.56 Å². The molecular formula is C25H24N2O3. The van der Waals surface area contributed by atoms with Crippen LogP contribution in [-0.4, -0.2) is 33.4 Å². The molecule has 1 amide bonds. The fourth-order valence-corrected chi connectivity index (χ4v) is 4.10. The Balaban J connectivity index is 1.42. The summed E-state index contributed by atoms with van der Waals surface area (Å²) in [6.07, 6.45) is 5.28. The number of aromatic nitrogens is 1. The Morgan fingerprint density at radius 3 is 2.80 bits per heavy atom. The molecule has 1 aliphatic heterocycles. The summed E-state index contributed by atoms with van der Waals surface area (Å²) in [6.45, 7) is 2.36. The van der Waals surface area contributed by atoms with Gasteiger partial charge in [-0.2, -0.15) is 0 Å². The van der Waals surface area contributed by atoms with Crippen molar-refractivity contribution in [2.24, 2.45) is 0 Å². The molecular weight excluding hydrogens is 376 g/mol. The average molecular weight is 400 g/mol. The fourth-order valence-electron chi connectivity index (χ4n) is 4.10. The Labute approximate surface area is 176 Å². The third-order valence-corrected chi connectivity index (χ3v) is 5.77. The molecule has 30 heavy (non-hydrogen) atoms. The summed E-state index contributed by atoms with van der Waals surface area (Å²) in [5.41, 5.74) is 4.58. The van der Waals surface area contributed by atoms with Crippen molar-refractivity contribution in [3.8, 4) is 11.8 Å². The van der Waals surface area contributed by atoms with Crippen LogP contribution in [0.15, 0.2) is 36.5 Å². The van der Waals surface area contributed by atoms with E-state index in [4.69, 9.17) is 0 Å². The van der Waals surface area contributed by atoms with E-state index in [0.717, 1.165) is 36.1 Å². The zero-order valence-electron chi connectivity index (χ0n) is 17.1. The second-order valence-corrected chi connectivity index (χ2v) is 7.96. The zero-order chi connectivity index (χ0) is 21.1. The lowest BCUT2D eigenvalue weighted by molar-refractivity contribution is -0.133. The summed E-state index contributed by atoms with van der Waals surface area (Å²) >= 11 is 0. The van der Waals surface area contributed by atoms with Gasteiger partial charge in [0.1, 0.15) is 5.78 Å². The number of unbranched alkanes of at least 4 members (excludes halogenated alkanes) is 1. The standard InChI is InChI=1S/C25H24N2O3/c1-17-10-11-18(15-26-17)6-3-2-4-7-19-8-5-9-21-22(19)16-27(25(21)30)23-13-12-20(28)14-24(23)29/h5,8-11,15,23H,2-3,6,12-14,16H2,1H3. The van der Waals surface area contributed by atoms with Crippen molar-refractivity contribution in [3.63, 3.8) is 0 Å². The summed E-state index contributed by atoms with van der Waals surface area (Å²) in [5.74, 6) is 6.13.